The molecule has 171 valence electrons. The van der Waals surface area contributed by atoms with Crippen LogP contribution < -0.4 is 29.6 Å². The van der Waals surface area contributed by atoms with E-state index in [4.69, 9.17) is 21.4 Å². The molecule has 0 saturated heterocycles. The van der Waals surface area contributed by atoms with E-state index in [0.717, 1.165) is 35.6 Å². The number of nitriles is 1. The molecular formula is C23H22BClN8NaO. The Labute approximate surface area is 232 Å². The van der Waals surface area contributed by atoms with E-state index in [9.17, 15) is 0 Å². The van der Waals surface area contributed by atoms with Gasteiger partial charge in [-0.05, 0) is 51.2 Å². The van der Waals surface area contributed by atoms with Crippen LogP contribution in [-0.2, 0) is 6.42 Å². The third-order valence-electron chi connectivity index (χ3n) is 5.43. The van der Waals surface area contributed by atoms with Crippen molar-refractivity contribution < 1.29 is 34.1 Å². The average molecular weight is 496 g/mol. The Kier molecular flexibility index (Phi) is 9.60. The van der Waals surface area contributed by atoms with Gasteiger partial charge in [-0.15, -0.1) is 10.2 Å². The van der Waals surface area contributed by atoms with Crippen LogP contribution in [-0.4, -0.2) is 56.7 Å². The molecule has 0 spiro atoms. The maximum atomic E-state index is 7.10. The van der Waals surface area contributed by atoms with Crippen LogP contribution in [0.4, 0.5) is 0 Å². The SMILES string of the molecule is CN(C)[C@@H](Cc1nnc(-c2ccncc2)n1C1CC1)c1nc(-c2cccc(Cl)c2)no1.[B-]C#N.[Na+]. The van der Waals surface area contributed by atoms with Gasteiger partial charge in [-0.3, -0.25) is 21.1 Å². The quantitative estimate of drug-likeness (QED) is 0.347. The zero-order valence-corrected chi connectivity index (χ0v) is 22.6. The van der Waals surface area contributed by atoms with Gasteiger partial charge in [-0.1, -0.05) is 28.9 Å². The number of hydrogen-bond donors (Lipinski definition) is 0. The monoisotopic (exact) mass is 495 g/mol. The van der Waals surface area contributed by atoms with Gasteiger partial charge in [0.2, 0.25) is 11.7 Å². The number of aromatic nitrogens is 6. The number of likely N-dealkylation sites (N-methyl/N-ethyl adjacent to an activating group) is 1. The third kappa shape index (κ3) is 6.57. The Bertz CT molecular complexity index is 1290. The van der Waals surface area contributed by atoms with E-state index < -0.39 is 0 Å². The van der Waals surface area contributed by atoms with E-state index in [1.165, 1.54) is 5.97 Å². The zero-order chi connectivity index (χ0) is 24.1. The summed E-state index contributed by atoms with van der Waals surface area (Å²) in [5.41, 5.74) is 1.84. The molecule has 35 heavy (non-hydrogen) atoms. The Hall–Kier alpha value is -2.55. The van der Waals surface area contributed by atoms with Crippen LogP contribution in [0.2, 0.25) is 5.02 Å². The minimum atomic E-state index is -0.132. The van der Waals surface area contributed by atoms with E-state index >= 15 is 0 Å². The largest absolute Gasteiger partial charge is 1.00 e. The summed E-state index contributed by atoms with van der Waals surface area (Å²) in [6.45, 7) is 0. The van der Waals surface area contributed by atoms with Crippen LogP contribution in [0.25, 0.3) is 22.8 Å². The minimum Gasteiger partial charge on any atom is -0.466 e. The van der Waals surface area contributed by atoms with Gasteiger partial charge in [0.05, 0.1) is 6.04 Å². The first-order valence-electron chi connectivity index (χ1n) is 10.7. The maximum absolute atomic E-state index is 7.10. The molecular weight excluding hydrogens is 474 g/mol. The molecule has 9 nitrogen and oxygen atoms in total. The molecule has 3 heterocycles. The fraction of sp³-hybridized carbons (Fsp3) is 0.304. The zero-order valence-electron chi connectivity index (χ0n) is 19.8. The van der Waals surface area contributed by atoms with Gasteiger partial charge >= 0.3 is 29.6 Å². The van der Waals surface area contributed by atoms with Gasteiger partial charge in [-0.2, -0.15) is 4.98 Å². The normalized spacial score (nSPS) is 13.4. The van der Waals surface area contributed by atoms with Crippen LogP contribution in [0, 0.1) is 11.2 Å². The minimum absolute atomic E-state index is 0. The molecule has 1 fully saturated rings. The molecule has 5 rings (SSSR count). The van der Waals surface area contributed by atoms with E-state index in [2.05, 4.69) is 42.6 Å². The van der Waals surface area contributed by atoms with Crippen molar-refractivity contribution in [3.05, 3.63) is 65.5 Å². The van der Waals surface area contributed by atoms with Crippen molar-refractivity contribution in [2.45, 2.75) is 31.3 Å². The molecule has 4 aromatic rings. The summed E-state index contributed by atoms with van der Waals surface area (Å²) in [7, 11) is 8.14. The van der Waals surface area contributed by atoms with Gasteiger partial charge < -0.3 is 16.9 Å². The second-order valence-electron chi connectivity index (χ2n) is 8.06. The number of benzene rings is 1. The molecule has 1 aromatic carbocycles. The smallest absolute Gasteiger partial charge is 0.466 e. The summed E-state index contributed by atoms with van der Waals surface area (Å²) in [6, 6.07) is 11.7. The van der Waals surface area contributed by atoms with Crippen molar-refractivity contribution in [1.29, 1.82) is 5.26 Å². The summed E-state index contributed by atoms with van der Waals surface area (Å²) in [5.74, 6) is 4.10. The molecule has 1 saturated carbocycles. The summed E-state index contributed by atoms with van der Waals surface area (Å²) < 4.78 is 7.90. The number of hydrogen-bond acceptors (Lipinski definition) is 8. The van der Waals surface area contributed by atoms with Crippen molar-refractivity contribution in [2.75, 3.05) is 14.1 Å². The molecule has 0 bridgehead atoms. The summed E-state index contributed by atoms with van der Waals surface area (Å²) in [6.07, 6.45) is 6.43. The van der Waals surface area contributed by atoms with E-state index in [0.29, 0.717) is 29.2 Å². The summed E-state index contributed by atoms with van der Waals surface area (Å²) >= 11 is 6.11. The molecule has 0 amide bonds. The molecule has 12 heteroatoms. The van der Waals surface area contributed by atoms with Crippen LogP contribution in [0.5, 0.6) is 0 Å². The molecule has 3 aromatic heterocycles. The third-order valence-corrected chi connectivity index (χ3v) is 5.66. The summed E-state index contributed by atoms with van der Waals surface area (Å²) in [5, 5.41) is 20.9. The van der Waals surface area contributed by atoms with Crippen molar-refractivity contribution in [2.24, 2.45) is 0 Å². The predicted octanol–water partition coefficient (Wildman–Crippen LogP) is 0.864. The Morgan fingerprint density at radius 3 is 2.54 bits per heavy atom. The fourth-order valence-electron chi connectivity index (χ4n) is 3.66. The first kappa shape index (κ1) is 27.0. The fourth-order valence-corrected chi connectivity index (χ4v) is 3.85. The molecule has 0 N–H and O–H groups in total. The van der Waals surface area contributed by atoms with Crippen LogP contribution in [0.1, 0.15) is 36.6 Å². The molecule has 1 atom stereocenters. The molecule has 0 unspecified atom stereocenters. The van der Waals surface area contributed by atoms with Gasteiger partial charge in [-0.25, -0.2) is 0 Å². The van der Waals surface area contributed by atoms with Crippen molar-refractivity contribution in [3.63, 3.8) is 0 Å². The number of pyridine rings is 1. The van der Waals surface area contributed by atoms with E-state index in [1.807, 2.05) is 50.5 Å². The first-order valence-corrected chi connectivity index (χ1v) is 11.1. The Morgan fingerprint density at radius 2 is 1.91 bits per heavy atom. The number of halogens is 1. The van der Waals surface area contributed by atoms with Gasteiger partial charge in [0.25, 0.3) is 0 Å². The van der Waals surface area contributed by atoms with Gasteiger partial charge in [0.1, 0.15) is 5.82 Å². The van der Waals surface area contributed by atoms with E-state index in [1.54, 1.807) is 12.4 Å². The summed E-state index contributed by atoms with van der Waals surface area (Å²) in [4.78, 5) is 10.8. The molecule has 1 aliphatic carbocycles. The molecule has 1 aliphatic rings. The number of nitrogens with zero attached hydrogens (tertiary/aromatic N) is 8. The number of rotatable bonds is 7. The Balaban J connectivity index is 0.000000815. The van der Waals surface area contributed by atoms with Crippen LogP contribution >= 0.6 is 11.6 Å². The van der Waals surface area contributed by atoms with Crippen molar-refractivity contribution >= 4 is 19.4 Å². The van der Waals surface area contributed by atoms with E-state index in [-0.39, 0.29) is 35.6 Å². The van der Waals surface area contributed by atoms with Crippen molar-refractivity contribution in [3.8, 4) is 28.7 Å². The average Bonchev–Trinajstić information content (AvgIpc) is 3.39. The van der Waals surface area contributed by atoms with Crippen LogP contribution in [0.15, 0.2) is 53.3 Å². The molecule has 0 aliphatic heterocycles. The first-order chi connectivity index (χ1) is 16.5. The Morgan fingerprint density at radius 1 is 1.20 bits per heavy atom. The van der Waals surface area contributed by atoms with Crippen molar-refractivity contribution in [1.82, 2.24) is 34.8 Å². The van der Waals surface area contributed by atoms with Gasteiger partial charge in [0, 0.05) is 41.0 Å². The topological polar surface area (TPSA) is 110 Å². The standard InChI is InChI=1S/C22H22ClN7O.CBN.Na/c1-29(2)18(22-25-20(28-31-22)15-4-3-5-16(23)12-15)13-19-26-27-21(30(19)17-6-7-17)14-8-10-24-11-9-14;2-1-3;/h3-5,8-12,17-18H,6-7,13H2,1-2H3;;/q;-1;+1/t18-;;/m0../s1. The van der Waals surface area contributed by atoms with Crippen LogP contribution in [0.3, 0.4) is 0 Å². The van der Waals surface area contributed by atoms with Gasteiger partial charge in [0.15, 0.2) is 5.82 Å². The predicted molar refractivity (Wildman–Crippen MR) is 128 cm³/mol. The second-order valence-corrected chi connectivity index (χ2v) is 8.49. The second kappa shape index (κ2) is 12.4. The maximum Gasteiger partial charge on any atom is 1.00 e. The molecule has 3 radical (unpaired) electrons.